The van der Waals surface area contributed by atoms with Gasteiger partial charge in [0, 0.05) is 26.1 Å². The van der Waals surface area contributed by atoms with Crippen molar-refractivity contribution in [2.75, 3.05) is 26.2 Å². The summed E-state index contributed by atoms with van der Waals surface area (Å²) in [6.07, 6.45) is -0.684. The molecule has 0 spiro atoms. The lowest BCUT2D eigenvalue weighted by Gasteiger charge is -2.39. The molecule has 2 rings (SSSR count). The lowest BCUT2D eigenvalue weighted by molar-refractivity contribution is -0.154. The zero-order valence-corrected chi connectivity index (χ0v) is 10.3. The van der Waals surface area contributed by atoms with Crippen LogP contribution in [0.3, 0.4) is 0 Å². The van der Waals surface area contributed by atoms with E-state index >= 15 is 0 Å². The summed E-state index contributed by atoms with van der Waals surface area (Å²) in [4.78, 5) is 24.1. The van der Waals surface area contributed by atoms with E-state index < -0.39 is 18.1 Å². The van der Waals surface area contributed by atoms with Crippen molar-refractivity contribution in [2.24, 2.45) is 0 Å². The van der Waals surface area contributed by atoms with E-state index in [4.69, 9.17) is 9.84 Å². The minimum Gasteiger partial charge on any atom is -0.480 e. The lowest BCUT2D eigenvalue weighted by atomic mass is 10.0. The van der Waals surface area contributed by atoms with Gasteiger partial charge in [-0.25, -0.2) is 4.79 Å². The number of carbonyl (C=O) groups excluding carboxylic acids is 1. The molecule has 2 atom stereocenters. The molecule has 0 unspecified atom stereocenters. The molecule has 7 nitrogen and oxygen atoms in total. The molecular formula is C11H18N2O5. The Kier molecular flexibility index (Phi) is 3.56. The molecule has 2 aliphatic rings. The Hall–Kier alpha value is -1.18. The van der Waals surface area contributed by atoms with E-state index in [2.05, 4.69) is 5.32 Å². The van der Waals surface area contributed by atoms with Crippen LogP contribution < -0.4 is 5.32 Å². The van der Waals surface area contributed by atoms with Crippen molar-refractivity contribution in [3.8, 4) is 0 Å². The smallest absolute Gasteiger partial charge is 0.326 e. The summed E-state index contributed by atoms with van der Waals surface area (Å²) in [5, 5.41) is 21.5. The molecular weight excluding hydrogens is 240 g/mol. The Bertz CT molecular complexity index is 355. The fourth-order valence-electron chi connectivity index (χ4n) is 2.22. The molecule has 102 valence electrons. The molecule has 2 aliphatic heterocycles. The monoisotopic (exact) mass is 258 g/mol. The largest absolute Gasteiger partial charge is 0.480 e. The van der Waals surface area contributed by atoms with E-state index in [1.807, 2.05) is 6.92 Å². The maximum atomic E-state index is 11.9. The van der Waals surface area contributed by atoms with Crippen molar-refractivity contribution in [2.45, 2.75) is 31.1 Å². The summed E-state index contributed by atoms with van der Waals surface area (Å²) >= 11 is 0. The highest BCUT2D eigenvalue weighted by Gasteiger charge is 2.40. The number of aliphatic hydroxyl groups excluding tert-OH is 1. The molecule has 7 heteroatoms. The molecule has 1 amide bonds. The van der Waals surface area contributed by atoms with Gasteiger partial charge in [-0.2, -0.15) is 0 Å². The van der Waals surface area contributed by atoms with Crippen molar-refractivity contribution in [3.05, 3.63) is 0 Å². The third-order valence-corrected chi connectivity index (χ3v) is 3.43. The summed E-state index contributed by atoms with van der Waals surface area (Å²) in [5.41, 5.74) is -0.341. The fourth-order valence-corrected chi connectivity index (χ4v) is 2.22. The molecule has 0 aromatic carbocycles. The Morgan fingerprint density at radius 3 is 2.67 bits per heavy atom. The molecule has 0 aromatic rings. The van der Waals surface area contributed by atoms with E-state index in [-0.39, 0.29) is 31.1 Å². The average molecular weight is 258 g/mol. The van der Waals surface area contributed by atoms with Crippen LogP contribution in [-0.4, -0.2) is 71.0 Å². The van der Waals surface area contributed by atoms with E-state index in [0.29, 0.717) is 13.1 Å². The Labute approximate surface area is 105 Å². The second-order valence-corrected chi connectivity index (χ2v) is 5.13. The summed E-state index contributed by atoms with van der Waals surface area (Å²) in [6, 6.07) is -0.941. The van der Waals surface area contributed by atoms with Crippen LogP contribution in [0.5, 0.6) is 0 Å². The number of nitrogens with zero attached hydrogens (tertiary/aromatic N) is 1. The molecule has 0 aromatic heterocycles. The van der Waals surface area contributed by atoms with Crippen LogP contribution in [0.15, 0.2) is 0 Å². The molecule has 2 heterocycles. The molecule has 0 radical (unpaired) electrons. The SMILES string of the molecule is CC1(OCC(=O)N2C[C@H](O)C[C@@H]2C(=O)O)CNC1. The molecule has 0 aliphatic carbocycles. The second kappa shape index (κ2) is 4.83. The van der Waals surface area contributed by atoms with Gasteiger partial charge in [0.25, 0.3) is 0 Å². The first-order valence-electron chi connectivity index (χ1n) is 5.96. The van der Waals surface area contributed by atoms with E-state index in [0.717, 1.165) is 0 Å². The van der Waals surface area contributed by atoms with Gasteiger partial charge in [0.1, 0.15) is 12.6 Å². The number of carboxylic acid groups (broad SMARTS) is 1. The summed E-state index contributed by atoms with van der Waals surface area (Å²) < 4.78 is 5.47. The number of nitrogens with one attached hydrogen (secondary N) is 1. The highest BCUT2D eigenvalue weighted by Crippen LogP contribution is 2.20. The Morgan fingerprint density at radius 2 is 2.17 bits per heavy atom. The third-order valence-electron chi connectivity index (χ3n) is 3.43. The zero-order valence-electron chi connectivity index (χ0n) is 10.3. The van der Waals surface area contributed by atoms with Crippen LogP contribution in [0.4, 0.5) is 0 Å². The number of rotatable bonds is 4. The van der Waals surface area contributed by atoms with Gasteiger partial charge in [0.2, 0.25) is 5.91 Å². The highest BCUT2D eigenvalue weighted by molar-refractivity contribution is 5.85. The summed E-state index contributed by atoms with van der Waals surface area (Å²) in [7, 11) is 0. The number of aliphatic carboxylic acids is 1. The number of likely N-dealkylation sites (tertiary alicyclic amines) is 1. The summed E-state index contributed by atoms with van der Waals surface area (Å²) in [6.45, 7) is 3.18. The van der Waals surface area contributed by atoms with Gasteiger partial charge < -0.3 is 25.2 Å². The van der Waals surface area contributed by atoms with E-state index in [1.54, 1.807) is 0 Å². The van der Waals surface area contributed by atoms with Gasteiger partial charge in [-0.15, -0.1) is 0 Å². The molecule has 2 fully saturated rings. The number of carbonyl (C=O) groups is 2. The minimum absolute atomic E-state index is 0.0636. The molecule has 18 heavy (non-hydrogen) atoms. The predicted molar refractivity (Wildman–Crippen MR) is 61.0 cm³/mol. The first-order valence-corrected chi connectivity index (χ1v) is 5.96. The fraction of sp³-hybridized carbons (Fsp3) is 0.818. The van der Waals surface area contributed by atoms with Crippen molar-refractivity contribution >= 4 is 11.9 Å². The van der Waals surface area contributed by atoms with E-state index in [9.17, 15) is 14.7 Å². The zero-order chi connectivity index (χ0) is 13.3. The van der Waals surface area contributed by atoms with Crippen LogP contribution in [0, 0.1) is 0 Å². The number of ether oxygens (including phenoxy) is 1. The number of amides is 1. The molecule has 3 N–H and O–H groups in total. The first-order chi connectivity index (χ1) is 8.41. The minimum atomic E-state index is -1.09. The first kappa shape index (κ1) is 13.3. The van der Waals surface area contributed by atoms with Gasteiger partial charge in [-0.05, 0) is 6.92 Å². The maximum absolute atomic E-state index is 11.9. The van der Waals surface area contributed by atoms with Gasteiger partial charge in [0.15, 0.2) is 0 Å². The van der Waals surface area contributed by atoms with Crippen LogP contribution >= 0.6 is 0 Å². The van der Waals surface area contributed by atoms with Crippen molar-refractivity contribution in [1.82, 2.24) is 10.2 Å². The van der Waals surface area contributed by atoms with Gasteiger partial charge >= 0.3 is 5.97 Å². The normalized spacial score (nSPS) is 30.0. The van der Waals surface area contributed by atoms with Crippen LogP contribution in [0.1, 0.15) is 13.3 Å². The molecule has 2 saturated heterocycles. The summed E-state index contributed by atoms with van der Waals surface area (Å²) in [5.74, 6) is -1.47. The molecule has 0 bridgehead atoms. The van der Waals surface area contributed by atoms with Crippen LogP contribution in [0.2, 0.25) is 0 Å². The number of hydrogen-bond donors (Lipinski definition) is 3. The number of carboxylic acids is 1. The maximum Gasteiger partial charge on any atom is 0.326 e. The van der Waals surface area contributed by atoms with Crippen molar-refractivity contribution in [1.29, 1.82) is 0 Å². The quantitative estimate of drug-likeness (QED) is 0.562. The van der Waals surface area contributed by atoms with Gasteiger partial charge in [-0.1, -0.05) is 0 Å². The number of β-amino-alcohol motifs (C(OH)–C–C–N with tert-alkyl or cyclic N) is 1. The second-order valence-electron chi connectivity index (χ2n) is 5.13. The molecule has 0 saturated carbocycles. The Balaban J connectivity index is 1.89. The Morgan fingerprint density at radius 1 is 1.50 bits per heavy atom. The highest BCUT2D eigenvalue weighted by atomic mass is 16.5. The van der Waals surface area contributed by atoms with Gasteiger partial charge in [-0.3, -0.25) is 4.79 Å². The van der Waals surface area contributed by atoms with Crippen LogP contribution in [-0.2, 0) is 14.3 Å². The van der Waals surface area contributed by atoms with Gasteiger partial charge in [0.05, 0.1) is 11.7 Å². The number of aliphatic hydroxyl groups is 1. The van der Waals surface area contributed by atoms with Crippen LogP contribution in [0.25, 0.3) is 0 Å². The predicted octanol–water partition coefficient (Wildman–Crippen LogP) is -1.59. The van der Waals surface area contributed by atoms with Crippen molar-refractivity contribution < 1.29 is 24.5 Å². The number of hydrogen-bond acceptors (Lipinski definition) is 5. The third kappa shape index (κ3) is 2.63. The topological polar surface area (TPSA) is 99.1 Å². The van der Waals surface area contributed by atoms with E-state index in [1.165, 1.54) is 4.90 Å². The van der Waals surface area contributed by atoms with Crippen molar-refractivity contribution in [3.63, 3.8) is 0 Å². The lowest BCUT2D eigenvalue weighted by Crippen LogP contribution is -2.60. The standard InChI is InChI=1S/C11H18N2O5/c1-11(5-12-6-11)18-4-9(15)13-3-7(14)2-8(13)10(16)17/h7-8,12,14H,2-6H2,1H3,(H,16,17)/t7-,8-/m1/s1. The average Bonchev–Trinajstić information content (AvgIpc) is 2.66.